The number of carbonyl (C=O) groups is 1. The lowest BCUT2D eigenvalue weighted by Gasteiger charge is -2.15. The van der Waals surface area contributed by atoms with Crippen molar-refractivity contribution in [2.75, 3.05) is 11.9 Å². The van der Waals surface area contributed by atoms with Gasteiger partial charge in [-0.15, -0.1) is 0 Å². The monoisotopic (exact) mass is 446 g/mol. The van der Waals surface area contributed by atoms with Crippen LogP contribution in [-0.4, -0.2) is 20.9 Å². The first-order chi connectivity index (χ1) is 14.7. The van der Waals surface area contributed by atoms with Crippen LogP contribution >= 0.6 is 0 Å². The van der Waals surface area contributed by atoms with Crippen LogP contribution in [-0.2, 0) is 14.8 Å². The summed E-state index contributed by atoms with van der Waals surface area (Å²) >= 11 is 0. The quantitative estimate of drug-likeness (QED) is 0.547. The average molecular weight is 446 g/mol. The highest BCUT2D eigenvalue weighted by molar-refractivity contribution is 7.89. The van der Waals surface area contributed by atoms with Crippen LogP contribution in [0.25, 0.3) is 0 Å². The molecule has 2 N–H and O–H groups in total. The maximum absolute atomic E-state index is 13.6. The molecular weight excluding hydrogens is 426 g/mol. The Hall–Kier alpha value is -3.30. The van der Waals surface area contributed by atoms with Crippen LogP contribution in [0.5, 0.6) is 5.75 Å². The van der Waals surface area contributed by atoms with Crippen LogP contribution in [0.1, 0.15) is 18.5 Å². The zero-order chi connectivity index (χ0) is 22.4. The van der Waals surface area contributed by atoms with Crippen molar-refractivity contribution >= 4 is 21.6 Å². The maximum Gasteiger partial charge on any atom is 0.262 e. The Labute approximate surface area is 178 Å². The van der Waals surface area contributed by atoms with E-state index < -0.39 is 40.2 Å². The number of ether oxygens (including phenoxy) is 1. The van der Waals surface area contributed by atoms with Gasteiger partial charge in [-0.25, -0.2) is 21.9 Å². The molecule has 6 nitrogen and oxygen atoms in total. The lowest BCUT2D eigenvalue weighted by Crippen LogP contribution is -2.26. The van der Waals surface area contributed by atoms with E-state index in [1.54, 1.807) is 6.92 Å². The minimum absolute atomic E-state index is 0.0360. The summed E-state index contributed by atoms with van der Waals surface area (Å²) in [5.41, 5.74) is 0.528. The van der Waals surface area contributed by atoms with E-state index in [0.29, 0.717) is 0 Å². The maximum atomic E-state index is 13.6. The molecule has 0 aliphatic carbocycles. The Bertz CT molecular complexity index is 1150. The first-order valence-electron chi connectivity index (χ1n) is 9.29. The fourth-order valence-electron chi connectivity index (χ4n) is 2.75. The van der Waals surface area contributed by atoms with Gasteiger partial charge in [0, 0.05) is 12.1 Å². The first kappa shape index (κ1) is 22.4. The molecule has 0 unspecified atom stereocenters. The van der Waals surface area contributed by atoms with E-state index in [9.17, 15) is 22.0 Å². The average Bonchev–Trinajstić information content (AvgIpc) is 2.75. The van der Waals surface area contributed by atoms with Gasteiger partial charge in [-0.05, 0) is 48.9 Å². The summed E-state index contributed by atoms with van der Waals surface area (Å²) in [4.78, 5) is 11.9. The van der Waals surface area contributed by atoms with Crippen LogP contribution < -0.4 is 14.8 Å². The molecule has 162 valence electrons. The van der Waals surface area contributed by atoms with E-state index >= 15 is 0 Å². The van der Waals surface area contributed by atoms with Gasteiger partial charge < -0.3 is 10.1 Å². The molecule has 3 aromatic carbocycles. The minimum Gasteiger partial charge on any atom is -0.484 e. The highest BCUT2D eigenvalue weighted by Gasteiger charge is 2.18. The van der Waals surface area contributed by atoms with Crippen molar-refractivity contribution in [1.29, 1.82) is 0 Å². The predicted octanol–water partition coefficient (Wildman–Crippen LogP) is 4.02. The van der Waals surface area contributed by atoms with E-state index in [4.69, 9.17) is 4.74 Å². The van der Waals surface area contributed by atoms with Gasteiger partial charge in [-0.3, -0.25) is 4.79 Å². The highest BCUT2D eigenvalue weighted by Crippen LogP contribution is 2.20. The standard InChI is InChI=1S/C22H20F2N2O4S/c1-15(16-5-3-2-4-6-16)26-31(28,29)19-10-8-18(9-11-19)30-14-22(27)25-21-13-17(23)7-12-20(21)24/h2-13,15,26H,14H2,1H3,(H,25,27)/t15-/m1/s1. The SMILES string of the molecule is C[C@@H](NS(=O)(=O)c1ccc(OCC(=O)Nc2cc(F)ccc2F)cc1)c1ccccc1. The molecule has 3 rings (SSSR count). The number of nitrogens with one attached hydrogen (secondary N) is 2. The number of sulfonamides is 1. The lowest BCUT2D eigenvalue weighted by molar-refractivity contribution is -0.118. The van der Waals surface area contributed by atoms with Gasteiger partial charge in [0.15, 0.2) is 6.61 Å². The minimum atomic E-state index is -3.77. The number of halogens is 2. The number of carbonyl (C=O) groups excluding carboxylic acids is 1. The zero-order valence-corrected chi connectivity index (χ0v) is 17.3. The summed E-state index contributed by atoms with van der Waals surface area (Å²) in [5, 5.41) is 2.21. The van der Waals surface area contributed by atoms with Crippen molar-refractivity contribution < 1.29 is 26.7 Å². The Morgan fingerprint density at radius 2 is 1.68 bits per heavy atom. The number of benzene rings is 3. The van der Waals surface area contributed by atoms with Crippen LogP contribution in [0.4, 0.5) is 14.5 Å². The third-order valence-corrected chi connectivity index (χ3v) is 5.89. The smallest absolute Gasteiger partial charge is 0.262 e. The summed E-state index contributed by atoms with van der Waals surface area (Å²) in [6.07, 6.45) is 0. The summed E-state index contributed by atoms with van der Waals surface area (Å²) in [5.74, 6) is -1.92. The number of hydrogen-bond donors (Lipinski definition) is 2. The molecule has 0 radical (unpaired) electrons. The molecule has 0 fully saturated rings. The molecular formula is C22H20F2N2O4S. The molecule has 0 heterocycles. The fraction of sp³-hybridized carbons (Fsp3) is 0.136. The molecule has 0 bridgehead atoms. The number of amides is 1. The van der Waals surface area contributed by atoms with Crippen molar-refractivity contribution in [3.05, 3.63) is 90.0 Å². The van der Waals surface area contributed by atoms with Crippen molar-refractivity contribution in [2.24, 2.45) is 0 Å². The zero-order valence-electron chi connectivity index (χ0n) is 16.5. The molecule has 1 amide bonds. The van der Waals surface area contributed by atoms with Crippen LogP contribution in [0, 0.1) is 11.6 Å². The fourth-order valence-corrected chi connectivity index (χ4v) is 3.99. The molecule has 3 aromatic rings. The van der Waals surface area contributed by atoms with Crippen molar-refractivity contribution in [3.63, 3.8) is 0 Å². The third-order valence-electron chi connectivity index (χ3n) is 4.34. The molecule has 0 spiro atoms. The summed E-state index contributed by atoms with van der Waals surface area (Å²) in [6.45, 7) is 1.27. The van der Waals surface area contributed by atoms with Crippen molar-refractivity contribution in [3.8, 4) is 5.75 Å². The van der Waals surface area contributed by atoms with Crippen molar-refractivity contribution in [2.45, 2.75) is 17.9 Å². The Morgan fingerprint density at radius 1 is 1.00 bits per heavy atom. The number of rotatable bonds is 8. The van der Waals surface area contributed by atoms with Gasteiger partial charge in [0.2, 0.25) is 10.0 Å². The van der Waals surface area contributed by atoms with E-state index in [0.717, 1.165) is 23.8 Å². The van der Waals surface area contributed by atoms with Gasteiger partial charge in [-0.2, -0.15) is 0 Å². The van der Waals surface area contributed by atoms with Crippen molar-refractivity contribution in [1.82, 2.24) is 4.72 Å². The molecule has 1 atom stereocenters. The summed E-state index contributed by atoms with van der Waals surface area (Å²) < 4.78 is 59.7. The second-order valence-electron chi connectivity index (χ2n) is 6.69. The molecule has 0 aliphatic heterocycles. The number of hydrogen-bond acceptors (Lipinski definition) is 4. The molecule has 0 aliphatic rings. The first-order valence-corrected chi connectivity index (χ1v) is 10.8. The second kappa shape index (κ2) is 9.67. The van der Waals surface area contributed by atoms with Gasteiger partial charge in [0.05, 0.1) is 10.6 Å². The van der Waals surface area contributed by atoms with E-state index in [1.165, 1.54) is 24.3 Å². The molecule has 9 heteroatoms. The molecule has 0 aromatic heterocycles. The predicted molar refractivity (Wildman–Crippen MR) is 112 cm³/mol. The highest BCUT2D eigenvalue weighted by atomic mass is 32.2. The van der Waals surface area contributed by atoms with E-state index in [1.807, 2.05) is 30.3 Å². The van der Waals surface area contributed by atoms with Crippen LogP contribution in [0.3, 0.4) is 0 Å². The molecule has 0 saturated carbocycles. The third kappa shape index (κ3) is 6.09. The topological polar surface area (TPSA) is 84.5 Å². The molecule has 0 saturated heterocycles. The van der Waals surface area contributed by atoms with Crippen LogP contribution in [0.2, 0.25) is 0 Å². The number of anilines is 1. The van der Waals surface area contributed by atoms with Gasteiger partial charge >= 0.3 is 0 Å². The Balaban J connectivity index is 1.58. The molecule has 31 heavy (non-hydrogen) atoms. The Morgan fingerprint density at radius 3 is 2.35 bits per heavy atom. The van der Waals surface area contributed by atoms with Crippen LogP contribution in [0.15, 0.2) is 77.7 Å². The van der Waals surface area contributed by atoms with Gasteiger partial charge in [0.25, 0.3) is 5.91 Å². The largest absolute Gasteiger partial charge is 0.484 e. The summed E-state index contributed by atoms with van der Waals surface area (Å²) in [7, 11) is -3.77. The van der Waals surface area contributed by atoms with Gasteiger partial charge in [-0.1, -0.05) is 30.3 Å². The van der Waals surface area contributed by atoms with E-state index in [-0.39, 0.29) is 16.3 Å². The Kier molecular flexibility index (Phi) is 6.98. The van der Waals surface area contributed by atoms with E-state index in [2.05, 4.69) is 10.0 Å². The second-order valence-corrected chi connectivity index (χ2v) is 8.40. The normalized spacial score (nSPS) is 12.2. The lowest BCUT2D eigenvalue weighted by atomic mass is 10.1. The van der Waals surface area contributed by atoms with Gasteiger partial charge in [0.1, 0.15) is 17.4 Å². The summed E-state index contributed by atoms with van der Waals surface area (Å²) in [6, 6.07) is 16.9.